The number of benzene rings is 1. The lowest BCUT2D eigenvalue weighted by atomic mass is 9.91. The Morgan fingerprint density at radius 3 is 2.64 bits per heavy atom. The molecule has 0 unspecified atom stereocenters. The molecule has 1 fully saturated rings. The SMILES string of the molecule is C[C@@H]1Cc2c([nH]c3ccccc23)[C@@H](c2ncc(CC3CN(C(=O)OC(C)(C)C)C3)s2)N1CC(C)(C)F. The van der Waals surface area contributed by atoms with Crippen LogP contribution in [0.1, 0.15) is 68.7 Å². The van der Waals surface area contributed by atoms with E-state index in [-0.39, 0.29) is 18.2 Å². The molecule has 0 aliphatic carbocycles. The Morgan fingerprint density at radius 2 is 1.94 bits per heavy atom. The molecular weight excluding hydrogens is 475 g/mol. The van der Waals surface area contributed by atoms with Crippen LogP contribution in [0, 0.1) is 5.92 Å². The lowest BCUT2D eigenvalue weighted by Crippen LogP contribution is -2.52. The Kier molecular flexibility index (Phi) is 6.40. The van der Waals surface area contributed by atoms with Crippen LogP contribution in [0.25, 0.3) is 10.9 Å². The molecule has 0 spiro atoms. The molecule has 2 aliphatic rings. The number of likely N-dealkylation sites (tertiary alicyclic amines) is 1. The van der Waals surface area contributed by atoms with Crippen LogP contribution >= 0.6 is 11.3 Å². The van der Waals surface area contributed by atoms with Crippen LogP contribution in [0.4, 0.5) is 9.18 Å². The van der Waals surface area contributed by atoms with Crippen LogP contribution in [0.3, 0.4) is 0 Å². The number of carbonyl (C=O) groups is 1. The molecule has 2 aromatic heterocycles. The van der Waals surface area contributed by atoms with E-state index in [0.29, 0.717) is 25.6 Å². The molecule has 2 aliphatic heterocycles. The largest absolute Gasteiger partial charge is 0.444 e. The molecular formula is C28H37FN4O2S. The number of hydrogen-bond donors (Lipinski definition) is 1. The fourth-order valence-corrected chi connectivity index (χ4v) is 6.62. The predicted molar refractivity (Wildman–Crippen MR) is 142 cm³/mol. The molecule has 2 atom stereocenters. The van der Waals surface area contributed by atoms with Crippen molar-refractivity contribution in [2.24, 2.45) is 5.92 Å². The normalized spacial score (nSPS) is 21.5. The van der Waals surface area contributed by atoms with Crippen molar-refractivity contribution in [2.45, 2.75) is 77.7 Å². The maximum absolute atomic E-state index is 14.9. The average molecular weight is 513 g/mol. The summed E-state index contributed by atoms with van der Waals surface area (Å²) in [4.78, 5) is 26.0. The minimum absolute atomic E-state index is 0.107. The molecule has 5 rings (SSSR count). The molecule has 1 aromatic carbocycles. The first-order valence-corrected chi connectivity index (χ1v) is 13.7. The van der Waals surface area contributed by atoms with Gasteiger partial charge in [-0.2, -0.15) is 0 Å². The van der Waals surface area contributed by atoms with Gasteiger partial charge < -0.3 is 14.6 Å². The van der Waals surface area contributed by atoms with Crippen LogP contribution in [0.15, 0.2) is 30.5 Å². The predicted octanol–water partition coefficient (Wildman–Crippen LogP) is 6.12. The standard InChI is InChI=1S/C28H37FN4O2S/c1-17-11-21-20-9-7-8-10-22(20)31-23(21)24(33(17)16-28(5,6)29)25-30-13-19(36-25)12-18-14-32(15-18)26(34)35-27(2,3)4/h7-10,13,17-18,24,31H,11-12,14-16H2,1-6H3/t17-,24+/m1/s1. The molecule has 3 aromatic rings. The van der Waals surface area contributed by atoms with Crippen molar-refractivity contribution in [1.29, 1.82) is 0 Å². The maximum Gasteiger partial charge on any atom is 0.410 e. The number of nitrogens with zero attached hydrogens (tertiary/aromatic N) is 3. The summed E-state index contributed by atoms with van der Waals surface area (Å²) in [5, 5.41) is 2.24. The second kappa shape index (κ2) is 9.14. The molecule has 0 saturated carbocycles. The van der Waals surface area contributed by atoms with Crippen LogP contribution in [0.5, 0.6) is 0 Å². The number of alkyl halides is 1. The molecule has 194 valence electrons. The summed E-state index contributed by atoms with van der Waals surface area (Å²) in [6, 6.07) is 8.49. The molecule has 1 amide bonds. The van der Waals surface area contributed by atoms with Gasteiger partial charge in [0.1, 0.15) is 22.3 Å². The Morgan fingerprint density at radius 1 is 1.22 bits per heavy atom. The number of aromatic amines is 1. The summed E-state index contributed by atoms with van der Waals surface area (Å²) in [7, 11) is 0. The van der Waals surface area contributed by atoms with E-state index in [9.17, 15) is 9.18 Å². The van der Waals surface area contributed by atoms with Gasteiger partial charge in [0.25, 0.3) is 0 Å². The Balaban J connectivity index is 1.37. The summed E-state index contributed by atoms with van der Waals surface area (Å²) in [5.74, 6) is 0.403. The first-order chi connectivity index (χ1) is 16.9. The lowest BCUT2D eigenvalue weighted by Gasteiger charge is -2.41. The van der Waals surface area contributed by atoms with Gasteiger partial charge in [0.15, 0.2) is 0 Å². The van der Waals surface area contributed by atoms with Gasteiger partial charge in [0, 0.05) is 53.3 Å². The van der Waals surface area contributed by atoms with E-state index in [2.05, 4.69) is 35.0 Å². The van der Waals surface area contributed by atoms with Crippen molar-refractivity contribution >= 4 is 28.3 Å². The number of H-pyrrole nitrogens is 1. The number of thiazole rings is 1. The number of ether oxygens (including phenoxy) is 1. The fourth-order valence-electron chi connectivity index (χ4n) is 5.46. The van der Waals surface area contributed by atoms with Gasteiger partial charge in [-0.25, -0.2) is 14.2 Å². The van der Waals surface area contributed by atoms with Crippen molar-refractivity contribution in [1.82, 2.24) is 19.8 Å². The molecule has 1 saturated heterocycles. The summed E-state index contributed by atoms with van der Waals surface area (Å²) in [6.07, 6.45) is 3.49. The highest BCUT2D eigenvalue weighted by Gasteiger charge is 2.40. The summed E-state index contributed by atoms with van der Waals surface area (Å²) in [5.41, 5.74) is 1.79. The summed E-state index contributed by atoms with van der Waals surface area (Å²) in [6.45, 7) is 12.9. The Hall–Kier alpha value is -2.45. The third-order valence-corrected chi connectivity index (χ3v) is 8.05. The molecule has 0 bridgehead atoms. The monoisotopic (exact) mass is 512 g/mol. The minimum Gasteiger partial charge on any atom is -0.444 e. The number of halogens is 1. The zero-order chi connectivity index (χ0) is 25.8. The highest BCUT2D eigenvalue weighted by atomic mass is 32.1. The van der Waals surface area contributed by atoms with Crippen LogP contribution in [-0.4, -0.2) is 62.8 Å². The minimum atomic E-state index is -1.31. The van der Waals surface area contributed by atoms with Gasteiger partial charge in [-0.3, -0.25) is 4.90 Å². The third-order valence-electron chi connectivity index (χ3n) is 6.98. The lowest BCUT2D eigenvalue weighted by molar-refractivity contribution is -0.000781. The van der Waals surface area contributed by atoms with E-state index in [4.69, 9.17) is 9.72 Å². The quantitative estimate of drug-likeness (QED) is 0.448. The van der Waals surface area contributed by atoms with Crippen LogP contribution in [-0.2, 0) is 17.6 Å². The van der Waals surface area contributed by atoms with E-state index in [0.717, 1.165) is 29.1 Å². The highest BCUT2D eigenvalue weighted by molar-refractivity contribution is 7.11. The van der Waals surface area contributed by atoms with Gasteiger partial charge in [-0.1, -0.05) is 18.2 Å². The fraction of sp³-hybridized carbons (Fsp3) is 0.571. The van der Waals surface area contributed by atoms with Crippen LogP contribution in [0.2, 0.25) is 0 Å². The highest BCUT2D eigenvalue weighted by Crippen LogP contribution is 2.43. The first-order valence-electron chi connectivity index (χ1n) is 12.8. The third kappa shape index (κ3) is 5.16. The zero-order valence-corrected chi connectivity index (χ0v) is 22.9. The van der Waals surface area contributed by atoms with Gasteiger partial charge in [-0.05, 0) is 71.9 Å². The zero-order valence-electron chi connectivity index (χ0n) is 22.1. The number of rotatable bonds is 5. The van der Waals surface area contributed by atoms with Gasteiger partial charge in [0.05, 0.1) is 0 Å². The number of carbonyl (C=O) groups excluding carboxylic acids is 1. The van der Waals surface area contributed by atoms with Gasteiger partial charge in [-0.15, -0.1) is 11.3 Å². The molecule has 0 radical (unpaired) electrons. The molecule has 6 nitrogen and oxygen atoms in total. The summed E-state index contributed by atoms with van der Waals surface area (Å²) < 4.78 is 20.4. The van der Waals surface area contributed by atoms with Crippen molar-refractivity contribution in [3.8, 4) is 0 Å². The van der Waals surface area contributed by atoms with E-state index < -0.39 is 11.3 Å². The maximum atomic E-state index is 14.9. The first kappa shape index (κ1) is 25.2. The van der Waals surface area contributed by atoms with Crippen molar-refractivity contribution in [3.63, 3.8) is 0 Å². The number of para-hydroxylation sites is 1. The summed E-state index contributed by atoms with van der Waals surface area (Å²) >= 11 is 1.71. The second-order valence-corrected chi connectivity index (χ2v) is 13.2. The smallest absolute Gasteiger partial charge is 0.410 e. The number of aromatic nitrogens is 2. The van der Waals surface area contributed by atoms with Gasteiger partial charge >= 0.3 is 6.09 Å². The van der Waals surface area contributed by atoms with Crippen molar-refractivity contribution in [2.75, 3.05) is 19.6 Å². The molecule has 8 heteroatoms. The number of fused-ring (bicyclic) bond motifs is 3. The Labute approximate surface area is 216 Å². The van der Waals surface area contributed by atoms with Crippen LogP contribution < -0.4 is 0 Å². The van der Waals surface area contributed by atoms with E-state index in [1.54, 1.807) is 30.1 Å². The van der Waals surface area contributed by atoms with E-state index >= 15 is 0 Å². The molecule has 1 N–H and O–H groups in total. The second-order valence-electron chi connectivity index (χ2n) is 12.0. The van der Waals surface area contributed by atoms with Crippen molar-refractivity contribution in [3.05, 3.63) is 51.6 Å². The van der Waals surface area contributed by atoms with Crippen molar-refractivity contribution < 1.29 is 13.9 Å². The molecule has 4 heterocycles. The number of nitrogens with one attached hydrogen (secondary N) is 1. The molecule has 36 heavy (non-hydrogen) atoms. The van der Waals surface area contributed by atoms with E-state index in [1.165, 1.54) is 15.8 Å². The number of hydrogen-bond acceptors (Lipinski definition) is 5. The number of amides is 1. The van der Waals surface area contributed by atoms with Gasteiger partial charge in [0.2, 0.25) is 0 Å². The topological polar surface area (TPSA) is 61.5 Å². The Bertz CT molecular complexity index is 1250. The van der Waals surface area contributed by atoms with E-state index in [1.807, 2.05) is 33.0 Å². The average Bonchev–Trinajstić information content (AvgIpc) is 3.33.